The molecule has 0 spiro atoms. The Morgan fingerprint density at radius 3 is 2.30 bits per heavy atom. The van der Waals surface area contributed by atoms with Gasteiger partial charge in [0.1, 0.15) is 0 Å². The van der Waals surface area contributed by atoms with Crippen LogP contribution in [0.1, 0.15) is 46.1 Å². The van der Waals surface area contributed by atoms with Gasteiger partial charge in [-0.1, -0.05) is 57.0 Å². The third-order valence-corrected chi connectivity index (χ3v) is 5.37. The quantitative estimate of drug-likeness (QED) is 0.778. The van der Waals surface area contributed by atoms with Gasteiger partial charge < -0.3 is 5.32 Å². The molecule has 2 rings (SSSR count). The average molecular weight is 314 g/mol. The first-order chi connectivity index (χ1) is 9.34. The molecule has 1 nitrogen and oxygen atoms in total. The van der Waals surface area contributed by atoms with E-state index in [1.807, 2.05) is 6.07 Å². The van der Waals surface area contributed by atoms with Gasteiger partial charge >= 0.3 is 0 Å². The summed E-state index contributed by atoms with van der Waals surface area (Å²) in [5, 5.41) is 4.91. The topological polar surface area (TPSA) is 12.0 Å². The molecule has 0 unspecified atom stereocenters. The average Bonchev–Trinajstić information content (AvgIpc) is 2.31. The highest BCUT2D eigenvalue weighted by Crippen LogP contribution is 2.51. The molecule has 0 aromatic heterocycles. The van der Waals surface area contributed by atoms with Crippen LogP contribution in [0.3, 0.4) is 0 Å². The van der Waals surface area contributed by atoms with Crippen LogP contribution in [0.5, 0.6) is 0 Å². The molecule has 0 heterocycles. The Labute approximate surface area is 133 Å². The van der Waals surface area contributed by atoms with Crippen molar-refractivity contribution in [1.82, 2.24) is 5.32 Å². The Kier molecular flexibility index (Phi) is 5.05. The lowest BCUT2D eigenvalue weighted by atomic mass is 9.56. The number of hydrogen-bond donors (Lipinski definition) is 1. The van der Waals surface area contributed by atoms with Crippen molar-refractivity contribution in [3.05, 3.63) is 33.8 Å². The number of hydrogen-bond acceptors (Lipinski definition) is 1. The molecule has 1 aromatic rings. The van der Waals surface area contributed by atoms with Crippen LogP contribution >= 0.6 is 23.2 Å². The monoisotopic (exact) mass is 313 g/mol. The smallest absolute Gasteiger partial charge is 0.0595 e. The minimum atomic E-state index is 0.230. The van der Waals surface area contributed by atoms with Crippen molar-refractivity contribution >= 4 is 23.2 Å². The summed E-state index contributed by atoms with van der Waals surface area (Å²) in [6.45, 7) is 10.0. The van der Waals surface area contributed by atoms with E-state index in [2.05, 4.69) is 45.1 Å². The molecule has 3 heteroatoms. The van der Waals surface area contributed by atoms with Gasteiger partial charge in [-0.05, 0) is 42.4 Å². The largest absolute Gasteiger partial charge is 0.314 e. The van der Waals surface area contributed by atoms with Gasteiger partial charge in [-0.25, -0.2) is 0 Å². The molecule has 1 saturated carbocycles. The van der Waals surface area contributed by atoms with Crippen molar-refractivity contribution in [3.63, 3.8) is 0 Å². The summed E-state index contributed by atoms with van der Waals surface area (Å²) in [4.78, 5) is 0. The Bertz CT molecular complexity index is 457. The lowest BCUT2D eigenvalue weighted by Crippen LogP contribution is -2.51. The molecular weight excluding hydrogens is 289 g/mol. The summed E-state index contributed by atoms with van der Waals surface area (Å²) < 4.78 is 0. The third kappa shape index (κ3) is 3.32. The second kappa shape index (κ2) is 6.25. The number of nitrogens with one attached hydrogen (secondary N) is 1. The Balaban J connectivity index is 2.21. The van der Waals surface area contributed by atoms with Gasteiger partial charge in [0, 0.05) is 18.0 Å². The highest BCUT2D eigenvalue weighted by atomic mass is 35.5. The van der Waals surface area contributed by atoms with Gasteiger partial charge in [-0.3, -0.25) is 0 Å². The lowest BCUT2D eigenvalue weighted by molar-refractivity contribution is 0.0958. The zero-order valence-corrected chi connectivity index (χ0v) is 14.4. The maximum atomic E-state index is 6.21. The van der Waals surface area contributed by atoms with Gasteiger partial charge in [0.25, 0.3) is 0 Å². The zero-order valence-electron chi connectivity index (χ0n) is 12.8. The second-order valence-corrected chi connectivity index (χ2v) is 7.67. The van der Waals surface area contributed by atoms with Crippen LogP contribution in [0.25, 0.3) is 0 Å². The zero-order chi connectivity index (χ0) is 14.9. The van der Waals surface area contributed by atoms with Gasteiger partial charge in [0.2, 0.25) is 0 Å². The van der Waals surface area contributed by atoms with Crippen molar-refractivity contribution in [2.24, 2.45) is 11.8 Å². The van der Waals surface area contributed by atoms with E-state index >= 15 is 0 Å². The highest BCUT2D eigenvalue weighted by Gasteiger charge is 2.46. The Morgan fingerprint density at radius 2 is 1.80 bits per heavy atom. The molecule has 1 aliphatic carbocycles. The van der Waals surface area contributed by atoms with Gasteiger partial charge in [-0.2, -0.15) is 0 Å². The summed E-state index contributed by atoms with van der Waals surface area (Å²) in [6, 6.07) is 6.64. The molecule has 1 fully saturated rings. The van der Waals surface area contributed by atoms with Gasteiger partial charge in [-0.15, -0.1) is 0 Å². The SMILES string of the molecule is CC(C)NCC1(c2ccc(Cl)c(Cl)c2)CC(C(C)C)C1. The molecule has 1 aromatic carbocycles. The van der Waals surface area contributed by atoms with Crippen molar-refractivity contribution < 1.29 is 0 Å². The lowest BCUT2D eigenvalue weighted by Gasteiger charge is -2.51. The fourth-order valence-corrected chi connectivity index (χ4v) is 3.42. The summed E-state index contributed by atoms with van der Waals surface area (Å²) in [5.74, 6) is 1.57. The standard InChI is InChI=1S/C17H25Cl2N/c1-11(2)13-8-17(9-13,10-20-12(3)4)14-5-6-15(18)16(19)7-14/h5-7,11-13,20H,8-10H2,1-4H3. The molecule has 0 saturated heterocycles. The molecule has 0 amide bonds. The van der Waals surface area contributed by atoms with E-state index in [1.165, 1.54) is 18.4 Å². The molecule has 0 aliphatic heterocycles. The minimum Gasteiger partial charge on any atom is -0.314 e. The van der Waals surface area contributed by atoms with Gasteiger partial charge in [0.05, 0.1) is 10.0 Å². The van der Waals surface area contributed by atoms with Crippen molar-refractivity contribution in [3.8, 4) is 0 Å². The molecule has 0 radical (unpaired) electrons. The Hall–Kier alpha value is -0.240. The fraction of sp³-hybridized carbons (Fsp3) is 0.647. The van der Waals surface area contributed by atoms with E-state index in [4.69, 9.17) is 23.2 Å². The molecule has 112 valence electrons. The van der Waals surface area contributed by atoms with Crippen LogP contribution < -0.4 is 5.32 Å². The van der Waals surface area contributed by atoms with Crippen LogP contribution in [0.4, 0.5) is 0 Å². The van der Waals surface area contributed by atoms with Crippen LogP contribution in [0.15, 0.2) is 18.2 Å². The van der Waals surface area contributed by atoms with E-state index < -0.39 is 0 Å². The molecule has 1 N–H and O–H groups in total. The fourth-order valence-electron chi connectivity index (χ4n) is 3.12. The van der Waals surface area contributed by atoms with Crippen molar-refractivity contribution in [2.45, 2.75) is 52.0 Å². The highest BCUT2D eigenvalue weighted by molar-refractivity contribution is 6.42. The number of benzene rings is 1. The predicted octanol–water partition coefficient (Wildman–Crippen LogP) is 5.30. The first-order valence-corrected chi connectivity index (χ1v) is 8.28. The van der Waals surface area contributed by atoms with E-state index in [0.29, 0.717) is 16.1 Å². The third-order valence-electron chi connectivity index (χ3n) is 4.63. The molecular formula is C17H25Cl2N. The van der Waals surface area contributed by atoms with E-state index in [0.717, 1.165) is 18.4 Å². The summed E-state index contributed by atoms with van der Waals surface area (Å²) in [7, 11) is 0. The maximum Gasteiger partial charge on any atom is 0.0595 e. The Morgan fingerprint density at radius 1 is 1.15 bits per heavy atom. The van der Waals surface area contributed by atoms with E-state index in [1.54, 1.807) is 0 Å². The second-order valence-electron chi connectivity index (χ2n) is 6.86. The summed E-state index contributed by atoms with van der Waals surface area (Å²) in [5.41, 5.74) is 1.56. The molecule has 20 heavy (non-hydrogen) atoms. The van der Waals surface area contributed by atoms with Gasteiger partial charge in [0.15, 0.2) is 0 Å². The molecule has 0 atom stereocenters. The first kappa shape index (κ1) is 16.1. The normalized spacial score (nSPS) is 26.1. The van der Waals surface area contributed by atoms with E-state index in [9.17, 15) is 0 Å². The van der Waals surface area contributed by atoms with E-state index in [-0.39, 0.29) is 5.41 Å². The molecule has 0 bridgehead atoms. The number of halogens is 2. The van der Waals surface area contributed by atoms with Crippen LogP contribution in [-0.2, 0) is 5.41 Å². The number of rotatable bonds is 5. The summed E-state index contributed by atoms with van der Waals surface area (Å²) >= 11 is 12.3. The predicted molar refractivity (Wildman–Crippen MR) is 88.8 cm³/mol. The molecule has 1 aliphatic rings. The minimum absolute atomic E-state index is 0.230. The van der Waals surface area contributed by atoms with Crippen LogP contribution in [-0.4, -0.2) is 12.6 Å². The first-order valence-electron chi connectivity index (χ1n) is 7.53. The maximum absolute atomic E-state index is 6.21. The van der Waals surface area contributed by atoms with Crippen LogP contribution in [0.2, 0.25) is 10.0 Å². The van der Waals surface area contributed by atoms with Crippen molar-refractivity contribution in [2.75, 3.05) is 6.54 Å². The summed E-state index contributed by atoms with van der Waals surface area (Å²) in [6.07, 6.45) is 2.48. The van der Waals surface area contributed by atoms with Crippen molar-refractivity contribution in [1.29, 1.82) is 0 Å². The van der Waals surface area contributed by atoms with Crippen LogP contribution in [0, 0.1) is 11.8 Å².